The zero-order chi connectivity index (χ0) is 13.7. The van der Waals surface area contributed by atoms with E-state index in [0.717, 1.165) is 18.4 Å². The van der Waals surface area contributed by atoms with Crippen LogP contribution in [0, 0.1) is 0 Å². The molecule has 0 spiro atoms. The van der Waals surface area contributed by atoms with Gasteiger partial charge in [0.1, 0.15) is 5.69 Å². The minimum Gasteiger partial charge on any atom is -0.347 e. The first-order chi connectivity index (χ1) is 9.22. The molecule has 0 radical (unpaired) electrons. The fourth-order valence-corrected chi connectivity index (χ4v) is 2.23. The quantitative estimate of drug-likeness (QED) is 0.875. The fraction of sp³-hybridized carbons (Fsp3) is 0.312. The maximum atomic E-state index is 12.3. The molecule has 19 heavy (non-hydrogen) atoms. The second-order valence-corrected chi connectivity index (χ2v) is 4.73. The summed E-state index contributed by atoms with van der Waals surface area (Å²) < 4.78 is 1.84. The molecular weight excluding hydrogens is 236 g/mol. The van der Waals surface area contributed by atoms with Crippen molar-refractivity contribution >= 4 is 5.91 Å². The van der Waals surface area contributed by atoms with E-state index in [9.17, 15) is 4.79 Å². The first kappa shape index (κ1) is 13.4. The van der Waals surface area contributed by atoms with Gasteiger partial charge in [-0.15, -0.1) is 0 Å². The Hall–Kier alpha value is -2.03. The second-order valence-electron chi connectivity index (χ2n) is 4.73. The van der Waals surface area contributed by atoms with Crippen LogP contribution in [0.3, 0.4) is 0 Å². The van der Waals surface area contributed by atoms with Gasteiger partial charge in [-0.2, -0.15) is 0 Å². The predicted molar refractivity (Wildman–Crippen MR) is 77.0 cm³/mol. The third-order valence-corrected chi connectivity index (χ3v) is 3.26. The number of hydrogen-bond donors (Lipinski definition) is 1. The van der Waals surface area contributed by atoms with Crippen molar-refractivity contribution in [1.82, 2.24) is 9.88 Å². The van der Waals surface area contributed by atoms with E-state index in [2.05, 4.69) is 24.4 Å². The number of nitrogens with zero attached hydrogens (tertiary/aromatic N) is 1. The summed E-state index contributed by atoms with van der Waals surface area (Å²) in [6.07, 6.45) is 3.86. The van der Waals surface area contributed by atoms with E-state index in [-0.39, 0.29) is 11.9 Å². The predicted octanol–water partition coefficient (Wildman–Crippen LogP) is 3.30. The number of carbonyl (C=O) groups excluding carboxylic acids is 1. The van der Waals surface area contributed by atoms with Gasteiger partial charge in [-0.25, -0.2) is 0 Å². The van der Waals surface area contributed by atoms with Crippen LogP contribution in [0.2, 0.25) is 0 Å². The summed E-state index contributed by atoms with van der Waals surface area (Å²) in [6, 6.07) is 13.9. The Labute approximate surface area is 114 Å². The summed E-state index contributed by atoms with van der Waals surface area (Å²) in [6.45, 7) is 2.13. The Morgan fingerprint density at radius 1 is 1.21 bits per heavy atom. The molecule has 1 aromatic carbocycles. The van der Waals surface area contributed by atoms with Crippen molar-refractivity contribution in [1.29, 1.82) is 0 Å². The van der Waals surface area contributed by atoms with Crippen molar-refractivity contribution in [2.24, 2.45) is 7.05 Å². The van der Waals surface area contributed by atoms with Crippen LogP contribution >= 0.6 is 0 Å². The van der Waals surface area contributed by atoms with E-state index < -0.39 is 0 Å². The average molecular weight is 256 g/mol. The lowest BCUT2D eigenvalue weighted by Gasteiger charge is -2.18. The molecule has 2 aromatic rings. The Morgan fingerprint density at radius 2 is 1.95 bits per heavy atom. The summed E-state index contributed by atoms with van der Waals surface area (Å²) in [5, 5.41) is 3.12. The molecule has 3 heteroatoms. The molecule has 1 amide bonds. The molecule has 2 rings (SSSR count). The molecular formula is C16H20N2O. The van der Waals surface area contributed by atoms with Crippen molar-refractivity contribution in [2.75, 3.05) is 0 Å². The van der Waals surface area contributed by atoms with Gasteiger partial charge in [0.15, 0.2) is 0 Å². The SMILES string of the molecule is CCC[C@H](NC(=O)c1cccn1C)c1ccccc1. The van der Waals surface area contributed by atoms with Crippen LogP contribution in [0.4, 0.5) is 0 Å². The van der Waals surface area contributed by atoms with Crippen LogP contribution in [0.15, 0.2) is 48.7 Å². The number of nitrogens with one attached hydrogen (secondary N) is 1. The lowest BCUT2D eigenvalue weighted by molar-refractivity contribution is 0.0926. The summed E-state index contributed by atoms with van der Waals surface area (Å²) >= 11 is 0. The zero-order valence-electron chi connectivity index (χ0n) is 11.5. The van der Waals surface area contributed by atoms with E-state index in [4.69, 9.17) is 0 Å². The smallest absolute Gasteiger partial charge is 0.268 e. The van der Waals surface area contributed by atoms with Crippen LogP contribution in [0.25, 0.3) is 0 Å². The monoisotopic (exact) mass is 256 g/mol. The summed E-state index contributed by atoms with van der Waals surface area (Å²) in [5.74, 6) is -0.0187. The number of aromatic nitrogens is 1. The molecule has 1 heterocycles. The standard InChI is InChI=1S/C16H20N2O/c1-3-8-14(13-9-5-4-6-10-13)17-16(19)15-11-7-12-18(15)2/h4-7,9-12,14H,3,8H2,1-2H3,(H,17,19)/t14-/m0/s1. The Balaban J connectivity index is 2.14. The number of rotatable bonds is 5. The minimum absolute atomic E-state index is 0.0187. The van der Waals surface area contributed by atoms with Gasteiger partial charge in [-0.3, -0.25) is 4.79 Å². The molecule has 0 fully saturated rings. The summed E-state index contributed by atoms with van der Waals surface area (Å²) in [5.41, 5.74) is 1.85. The molecule has 0 saturated carbocycles. The molecule has 0 aliphatic rings. The highest BCUT2D eigenvalue weighted by Gasteiger charge is 2.16. The van der Waals surface area contributed by atoms with Gasteiger partial charge in [0.2, 0.25) is 0 Å². The third kappa shape index (κ3) is 3.25. The van der Waals surface area contributed by atoms with Gasteiger partial charge < -0.3 is 9.88 Å². The van der Waals surface area contributed by atoms with Gasteiger partial charge in [0.25, 0.3) is 5.91 Å². The topological polar surface area (TPSA) is 34.0 Å². The second kappa shape index (κ2) is 6.23. The van der Waals surface area contributed by atoms with Crippen molar-refractivity contribution < 1.29 is 4.79 Å². The van der Waals surface area contributed by atoms with Crippen LogP contribution in [0.1, 0.15) is 41.9 Å². The average Bonchev–Trinajstić information content (AvgIpc) is 2.85. The lowest BCUT2D eigenvalue weighted by Crippen LogP contribution is -2.29. The Morgan fingerprint density at radius 3 is 2.53 bits per heavy atom. The first-order valence-electron chi connectivity index (χ1n) is 6.69. The molecule has 1 N–H and O–H groups in total. The third-order valence-electron chi connectivity index (χ3n) is 3.26. The van der Waals surface area contributed by atoms with Crippen LogP contribution in [0.5, 0.6) is 0 Å². The normalized spacial score (nSPS) is 12.1. The molecule has 100 valence electrons. The van der Waals surface area contributed by atoms with E-state index in [1.54, 1.807) is 0 Å². The van der Waals surface area contributed by atoms with Crippen molar-refractivity contribution in [3.05, 3.63) is 59.9 Å². The molecule has 1 atom stereocenters. The number of carbonyl (C=O) groups is 1. The molecule has 3 nitrogen and oxygen atoms in total. The number of hydrogen-bond acceptors (Lipinski definition) is 1. The van der Waals surface area contributed by atoms with Crippen molar-refractivity contribution in [3.8, 4) is 0 Å². The molecule has 0 unspecified atom stereocenters. The highest BCUT2D eigenvalue weighted by atomic mass is 16.2. The minimum atomic E-state index is -0.0187. The largest absolute Gasteiger partial charge is 0.347 e. The molecule has 0 aliphatic carbocycles. The number of aryl methyl sites for hydroxylation is 1. The maximum Gasteiger partial charge on any atom is 0.268 e. The first-order valence-corrected chi connectivity index (χ1v) is 6.69. The van der Waals surface area contributed by atoms with Gasteiger partial charge in [0.05, 0.1) is 6.04 Å². The lowest BCUT2D eigenvalue weighted by atomic mass is 10.0. The van der Waals surface area contributed by atoms with Gasteiger partial charge in [-0.05, 0) is 24.1 Å². The maximum absolute atomic E-state index is 12.3. The molecule has 1 aromatic heterocycles. The van der Waals surface area contributed by atoms with E-state index in [0.29, 0.717) is 5.69 Å². The Bertz CT molecular complexity index is 531. The highest BCUT2D eigenvalue weighted by Crippen LogP contribution is 2.18. The van der Waals surface area contributed by atoms with Crippen LogP contribution < -0.4 is 5.32 Å². The van der Waals surface area contributed by atoms with Gasteiger partial charge in [0, 0.05) is 13.2 Å². The summed E-state index contributed by atoms with van der Waals surface area (Å²) in [4.78, 5) is 12.3. The molecule has 0 aliphatic heterocycles. The fourth-order valence-electron chi connectivity index (χ4n) is 2.23. The zero-order valence-corrected chi connectivity index (χ0v) is 11.5. The molecule has 0 saturated heterocycles. The van der Waals surface area contributed by atoms with Gasteiger partial charge >= 0.3 is 0 Å². The van der Waals surface area contributed by atoms with Crippen LogP contribution in [-0.2, 0) is 7.05 Å². The van der Waals surface area contributed by atoms with Crippen molar-refractivity contribution in [3.63, 3.8) is 0 Å². The van der Waals surface area contributed by atoms with E-state index in [1.165, 1.54) is 0 Å². The number of amides is 1. The van der Waals surface area contributed by atoms with E-state index in [1.807, 2.05) is 48.1 Å². The van der Waals surface area contributed by atoms with Gasteiger partial charge in [-0.1, -0.05) is 43.7 Å². The van der Waals surface area contributed by atoms with Crippen LogP contribution in [-0.4, -0.2) is 10.5 Å². The highest BCUT2D eigenvalue weighted by molar-refractivity contribution is 5.93. The molecule has 0 bridgehead atoms. The summed E-state index contributed by atoms with van der Waals surface area (Å²) in [7, 11) is 1.88. The van der Waals surface area contributed by atoms with Crippen molar-refractivity contribution in [2.45, 2.75) is 25.8 Å². The number of benzene rings is 1. The Kier molecular flexibility index (Phi) is 4.39. The van der Waals surface area contributed by atoms with E-state index >= 15 is 0 Å².